The van der Waals surface area contributed by atoms with Crippen molar-refractivity contribution >= 4 is 33.4 Å². The Balaban J connectivity index is 1.96. The molecule has 6 heteroatoms. The van der Waals surface area contributed by atoms with E-state index < -0.39 is 0 Å². The van der Waals surface area contributed by atoms with E-state index >= 15 is 0 Å². The van der Waals surface area contributed by atoms with Crippen LogP contribution in [0.3, 0.4) is 0 Å². The summed E-state index contributed by atoms with van der Waals surface area (Å²) in [5.41, 5.74) is 2.28. The van der Waals surface area contributed by atoms with E-state index in [-0.39, 0.29) is 24.3 Å². The highest BCUT2D eigenvalue weighted by molar-refractivity contribution is 9.10. The molecule has 0 saturated carbocycles. The van der Waals surface area contributed by atoms with E-state index in [2.05, 4.69) is 35.1 Å². The van der Waals surface area contributed by atoms with Crippen molar-refractivity contribution in [3.05, 3.63) is 58.1 Å². The van der Waals surface area contributed by atoms with Gasteiger partial charge >= 0.3 is 0 Å². The van der Waals surface area contributed by atoms with Gasteiger partial charge in [0, 0.05) is 28.8 Å². The number of carbonyl (C=O) groups is 2. The largest absolute Gasteiger partial charge is 0.483 e. The van der Waals surface area contributed by atoms with Crippen molar-refractivity contribution in [2.75, 3.05) is 25.0 Å². The zero-order valence-corrected chi connectivity index (χ0v) is 18.4. The maximum absolute atomic E-state index is 12.3. The highest BCUT2D eigenvalue weighted by Gasteiger charge is 2.13. The SMILES string of the molecule is CCN(CC)C(=O)c1ccc(NC(=O)COc2ccc(Br)cc2C(C)C)cc1. The lowest BCUT2D eigenvalue weighted by molar-refractivity contribution is -0.118. The molecule has 0 aliphatic carbocycles. The van der Waals surface area contributed by atoms with Gasteiger partial charge in [-0.15, -0.1) is 0 Å². The number of nitrogens with zero attached hydrogens (tertiary/aromatic N) is 1. The lowest BCUT2D eigenvalue weighted by Crippen LogP contribution is -2.30. The van der Waals surface area contributed by atoms with Crippen LogP contribution in [0.1, 0.15) is 49.5 Å². The highest BCUT2D eigenvalue weighted by atomic mass is 79.9. The summed E-state index contributed by atoms with van der Waals surface area (Å²) in [6.45, 7) is 9.31. The number of rotatable bonds is 8. The van der Waals surface area contributed by atoms with Crippen molar-refractivity contribution in [3.63, 3.8) is 0 Å². The topological polar surface area (TPSA) is 58.6 Å². The molecule has 0 radical (unpaired) electrons. The number of benzene rings is 2. The second-order valence-electron chi connectivity index (χ2n) is 6.73. The molecule has 2 amide bonds. The Morgan fingerprint density at radius 3 is 2.29 bits per heavy atom. The van der Waals surface area contributed by atoms with E-state index in [1.165, 1.54) is 0 Å². The number of halogens is 1. The minimum atomic E-state index is -0.250. The Labute approximate surface area is 175 Å². The molecule has 0 aromatic heterocycles. The van der Waals surface area contributed by atoms with Crippen molar-refractivity contribution in [1.82, 2.24) is 4.90 Å². The molecule has 0 aliphatic heterocycles. The third-order valence-electron chi connectivity index (χ3n) is 4.42. The number of nitrogens with one attached hydrogen (secondary N) is 1. The Morgan fingerprint density at radius 1 is 1.07 bits per heavy atom. The molecule has 1 N–H and O–H groups in total. The van der Waals surface area contributed by atoms with Gasteiger partial charge in [0.1, 0.15) is 5.75 Å². The summed E-state index contributed by atoms with van der Waals surface area (Å²) in [4.78, 5) is 26.3. The summed E-state index contributed by atoms with van der Waals surface area (Å²) in [7, 11) is 0. The lowest BCUT2D eigenvalue weighted by Gasteiger charge is -2.18. The van der Waals surface area contributed by atoms with Gasteiger partial charge in [0.2, 0.25) is 0 Å². The number of hydrogen-bond acceptors (Lipinski definition) is 3. The van der Waals surface area contributed by atoms with Gasteiger partial charge in [-0.05, 0) is 67.8 Å². The van der Waals surface area contributed by atoms with Gasteiger partial charge < -0.3 is 15.0 Å². The summed E-state index contributed by atoms with van der Waals surface area (Å²) in [6.07, 6.45) is 0. The average molecular weight is 447 g/mol. The van der Waals surface area contributed by atoms with Gasteiger partial charge in [-0.25, -0.2) is 0 Å². The van der Waals surface area contributed by atoms with Crippen LogP contribution in [-0.2, 0) is 4.79 Å². The normalized spacial score (nSPS) is 10.6. The smallest absolute Gasteiger partial charge is 0.262 e. The Bertz CT molecular complexity index is 815. The van der Waals surface area contributed by atoms with Crippen LogP contribution in [0.2, 0.25) is 0 Å². The number of hydrogen-bond donors (Lipinski definition) is 1. The summed E-state index contributed by atoms with van der Waals surface area (Å²) in [5.74, 6) is 0.725. The third kappa shape index (κ3) is 5.83. The van der Waals surface area contributed by atoms with E-state index in [4.69, 9.17) is 4.74 Å². The zero-order chi connectivity index (χ0) is 20.7. The molecule has 2 aromatic carbocycles. The van der Waals surface area contributed by atoms with Gasteiger partial charge in [-0.3, -0.25) is 9.59 Å². The molecule has 28 heavy (non-hydrogen) atoms. The molecule has 0 heterocycles. The third-order valence-corrected chi connectivity index (χ3v) is 4.91. The van der Waals surface area contributed by atoms with Crippen molar-refractivity contribution in [3.8, 4) is 5.75 Å². The van der Waals surface area contributed by atoms with Crippen molar-refractivity contribution in [2.24, 2.45) is 0 Å². The molecule has 0 saturated heterocycles. The second-order valence-corrected chi connectivity index (χ2v) is 7.64. The molecule has 0 aliphatic rings. The first-order valence-corrected chi connectivity index (χ1v) is 10.3. The van der Waals surface area contributed by atoms with Gasteiger partial charge in [-0.2, -0.15) is 0 Å². The molecule has 2 rings (SSSR count). The number of anilines is 1. The van der Waals surface area contributed by atoms with Crippen LogP contribution in [0, 0.1) is 0 Å². The summed E-state index contributed by atoms with van der Waals surface area (Å²) < 4.78 is 6.70. The number of carbonyl (C=O) groups excluding carboxylic acids is 2. The fraction of sp³-hybridized carbons (Fsp3) is 0.364. The predicted octanol–water partition coefficient (Wildman–Crippen LogP) is 5.07. The molecule has 5 nitrogen and oxygen atoms in total. The average Bonchev–Trinajstić information content (AvgIpc) is 2.68. The second kappa shape index (κ2) is 10.3. The van der Waals surface area contributed by atoms with E-state index in [0.29, 0.717) is 30.1 Å². The Morgan fingerprint density at radius 2 is 1.71 bits per heavy atom. The van der Waals surface area contributed by atoms with Crippen LogP contribution >= 0.6 is 15.9 Å². The van der Waals surface area contributed by atoms with Crippen LogP contribution in [0.5, 0.6) is 5.75 Å². The van der Waals surface area contributed by atoms with Crippen molar-refractivity contribution in [2.45, 2.75) is 33.6 Å². The molecule has 0 spiro atoms. The molecule has 0 bridgehead atoms. The van der Waals surface area contributed by atoms with Gasteiger partial charge in [-0.1, -0.05) is 29.8 Å². The number of amides is 2. The minimum absolute atomic E-state index is 0.0114. The van der Waals surface area contributed by atoms with Gasteiger partial charge in [0.25, 0.3) is 11.8 Å². The monoisotopic (exact) mass is 446 g/mol. The molecule has 0 fully saturated rings. The maximum atomic E-state index is 12.3. The molecular weight excluding hydrogens is 420 g/mol. The summed E-state index contributed by atoms with van der Waals surface area (Å²) in [6, 6.07) is 12.7. The standard InChI is InChI=1S/C22H27BrN2O3/c1-5-25(6-2)22(27)16-7-10-18(11-8-16)24-21(26)14-28-20-12-9-17(23)13-19(20)15(3)4/h7-13,15H,5-6,14H2,1-4H3,(H,24,26). The predicted molar refractivity (Wildman–Crippen MR) is 116 cm³/mol. The molecule has 0 atom stereocenters. The zero-order valence-electron chi connectivity index (χ0n) is 16.8. The van der Waals surface area contributed by atoms with Crippen LogP contribution in [0.4, 0.5) is 5.69 Å². The molecule has 2 aromatic rings. The first-order chi connectivity index (χ1) is 13.3. The van der Waals surface area contributed by atoms with E-state index in [1.54, 1.807) is 29.2 Å². The first kappa shape index (κ1) is 22.0. The first-order valence-electron chi connectivity index (χ1n) is 9.47. The fourth-order valence-electron chi connectivity index (χ4n) is 2.83. The molecule has 0 unspecified atom stereocenters. The quantitative estimate of drug-likeness (QED) is 0.615. The van der Waals surface area contributed by atoms with Crippen LogP contribution in [0.25, 0.3) is 0 Å². The molecular formula is C22H27BrN2O3. The Hall–Kier alpha value is -2.34. The van der Waals surface area contributed by atoms with E-state index in [0.717, 1.165) is 10.0 Å². The van der Waals surface area contributed by atoms with Gasteiger partial charge in [0.05, 0.1) is 0 Å². The fourth-order valence-corrected chi connectivity index (χ4v) is 3.21. The summed E-state index contributed by atoms with van der Waals surface area (Å²) in [5, 5.41) is 2.80. The van der Waals surface area contributed by atoms with Crippen LogP contribution in [-0.4, -0.2) is 36.4 Å². The van der Waals surface area contributed by atoms with Gasteiger partial charge in [0.15, 0.2) is 6.61 Å². The number of ether oxygens (including phenoxy) is 1. The van der Waals surface area contributed by atoms with E-state index in [9.17, 15) is 9.59 Å². The van der Waals surface area contributed by atoms with Crippen molar-refractivity contribution < 1.29 is 14.3 Å². The minimum Gasteiger partial charge on any atom is -0.483 e. The van der Waals surface area contributed by atoms with Crippen LogP contribution < -0.4 is 10.1 Å². The summed E-state index contributed by atoms with van der Waals surface area (Å²) >= 11 is 3.46. The van der Waals surface area contributed by atoms with Crippen molar-refractivity contribution in [1.29, 1.82) is 0 Å². The Kier molecular flexibility index (Phi) is 8.05. The maximum Gasteiger partial charge on any atom is 0.262 e. The van der Waals surface area contributed by atoms with Crippen LogP contribution in [0.15, 0.2) is 46.9 Å². The highest BCUT2D eigenvalue weighted by Crippen LogP contribution is 2.29. The lowest BCUT2D eigenvalue weighted by atomic mass is 10.0. The molecule has 150 valence electrons. The van der Waals surface area contributed by atoms with E-state index in [1.807, 2.05) is 32.0 Å².